The van der Waals surface area contributed by atoms with Crippen LogP contribution in [0.2, 0.25) is 0 Å². The number of hydrogen-bond acceptors (Lipinski definition) is 4. The minimum absolute atomic E-state index is 0.105. The van der Waals surface area contributed by atoms with Crippen molar-refractivity contribution < 1.29 is 23.1 Å². The van der Waals surface area contributed by atoms with E-state index in [1.165, 1.54) is 24.3 Å². The lowest BCUT2D eigenvalue weighted by molar-refractivity contribution is 0.0908. The molecule has 29 heavy (non-hydrogen) atoms. The second-order valence-electron chi connectivity index (χ2n) is 6.88. The maximum Gasteiger partial charge on any atom is 0.257 e. The molecule has 2 aromatic carbocycles. The number of hydrogen-bond donors (Lipinski definition) is 1. The van der Waals surface area contributed by atoms with E-state index in [0.717, 1.165) is 24.1 Å². The summed E-state index contributed by atoms with van der Waals surface area (Å²) in [5.41, 5.74) is 0.340. The van der Waals surface area contributed by atoms with Gasteiger partial charge in [-0.1, -0.05) is 24.3 Å². The Morgan fingerprint density at radius 1 is 1.03 bits per heavy atom. The number of carbonyl (C=O) groups is 2. The average molecular weight is 396 g/mol. The van der Waals surface area contributed by atoms with Gasteiger partial charge >= 0.3 is 0 Å². The van der Waals surface area contributed by atoms with Crippen molar-refractivity contribution in [3.63, 3.8) is 0 Å². The number of pyridine rings is 1. The highest BCUT2D eigenvalue weighted by molar-refractivity contribution is 5.97. The first-order chi connectivity index (χ1) is 13.8. The SMILES string of the molecule is CC(C)(NC(=O)c1cc(F)cnc1Oc1ccc(F)cc1)c1ccc(C=O)cc1. The van der Waals surface area contributed by atoms with Crippen LogP contribution in [0, 0.1) is 11.6 Å². The summed E-state index contributed by atoms with van der Waals surface area (Å²) in [5, 5.41) is 2.81. The molecule has 1 heterocycles. The van der Waals surface area contributed by atoms with E-state index in [1.807, 2.05) is 0 Å². The fourth-order valence-corrected chi connectivity index (χ4v) is 2.69. The summed E-state index contributed by atoms with van der Waals surface area (Å²) >= 11 is 0. The molecule has 0 spiro atoms. The van der Waals surface area contributed by atoms with Crippen molar-refractivity contribution >= 4 is 12.2 Å². The van der Waals surface area contributed by atoms with Gasteiger partial charge in [0.1, 0.15) is 29.2 Å². The lowest BCUT2D eigenvalue weighted by atomic mass is 9.93. The monoisotopic (exact) mass is 396 g/mol. The first-order valence-electron chi connectivity index (χ1n) is 8.76. The quantitative estimate of drug-likeness (QED) is 0.617. The number of halogens is 2. The molecular formula is C22H18F2N2O3. The van der Waals surface area contributed by atoms with E-state index < -0.39 is 23.1 Å². The van der Waals surface area contributed by atoms with Gasteiger partial charge in [-0.2, -0.15) is 0 Å². The van der Waals surface area contributed by atoms with E-state index in [0.29, 0.717) is 5.56 Å². The Hall–Kier alpha value is -3.61. The summed E-state index contributed by atoms with van der Waals surface area (Å²) in [6.45, 7) is 3.54. The van der Waals surface area contributed by atoms with Gasteiger partial charge in [-0.3, -0.25) is 9.59 Å². The van der Waals surface area contributed by atoms with E-state index in [1.54, 1.807) is 38.1 Å². The van der Waals surface area contributed by atoms with E-state index >= 15 is 0 Å². The topological polar surface area (TPSA) is 68.3 Å². The Labute approximate surface area is 166 Å². The van der Waals surface area contributed by atoms with Crippen LogP contribution in [0.3, 0.4) is 0 Å². The van der Waals surface area contributed by atoms with Crippen LogP contribution in [-0.4, -0.2) is 17.2 Å². The fraction of sp³-hybridized carbons (Fsp3) is 0.136. The zero-order valence-electron chi connectivity index (χ0n) is 15.8. The predicted octanol–water partition coefficient (Wildman–Crippen LogP) is 4.63. The second-order valence-corrected chi connectivity index (χ2v) is 6.88. The molecule has 0 fully saturated rings. The zero-order chi connectivity index (χ0) is 21.0. The van der Waals surface area contributed by atoms with Crippen LogP contribution >= 0.6 is 0 Å². The summed E-state index contributed by atoms with van der Waals surface area (Å²) in [7, 11) is 0. The van der Waals surface area contributed by atoms with Gasteiger partial charge in [-0.25, -0.2) is 13.8 Å². The highest BCUT2D eigenvalue weighted by Crippen LogP contribution is 2.26. The Kier molecular flexibility index (Phi) is 5.68. The van der Waals surface area contributed by atoms with Crippen LogP contribution in [0.4, 0.5) is 8.78 Å². The van der Waals surface area contributed by atoms with Crippen molar-refractivity contribution in [2.45, 2.75) is 19.4 Å². The molecule has 0 saturated heterocycles. The minimum atomic E-state index is -0.821. The maximum absolute atomic E-state index is 13.8. The highest BCUT2D eigenvalue weighted by atomic mass is 19.1. The van der Waals surface area contributed by atoms with Crippen molar-refractivity contribution in [1.82, 2.24) is 10.3 Å². The van der Waals surface area contributed by atoms with Crippen molar-refractivity contribution in [3.8, 4) is 11.6 Å². The summed E-state index contributed by atoms with van der Waals surface area (Å²) in [6, 6.07) is 12.9. The first-order valence-corrected chi connectivity index (χ1v) is 8.76. The average Bonchev–Trinajstić information content (AvgIpc) is 2.70. The van der Waals surface area contributed by atoms with Crippen LogP contribution in [-0.2, 0) is 5.54 Å². The van der Waals surface area contributed by atoms with Crippen molar-refractivity contribution in [3.05, 3.63) is 89.1 Å². The molecule has 0 aliphatic heterocycles. The molecule has 1 N–H and O–H groups in total. The molecule has 0 atom stereocenters. The van der Waals surface area contributed by atoms with Crippen LogP contribution in [0.25, 0.3) is 0 Å². The van der Waals surface area contributed by atoms with E-state index in [4.69, 9.17) is 4.74 Å². The van der Waals surface area contributed by atoms with Crippen LogP contribution in [0.1, 0.15) is 40.1 Å². The van der Waals surface area contributed by atoms with Crippen molar-refractivity contribution in [2.24, 2.45) is 0 Å². The molecule has 3 aromatic rings. The number of nitrogens with one attached hydrogen (secondary N) is 1. The van der Waals surface area contributed by atoms with Gasteiger partial charge in [0.15, 0.2) is 0 Å². The molecule has 1 aromatic heterocycles. The predicted molar refractivity (Wildman–Crippen MR) is 103 cm³/mol. The van der Waals surface area contributed by atoms with Gasteiger partial charge in [0.25, 0.3) is 5.91 Å². The number of ether oxygens (including phenoxy) is 1. The summed E-state index contributed by atoms with van der Waals surface area (Å²) in [5.74, 6) is -1.59. The second kappa shape index (κ2) is 8.18. The Morgan fingerprint density at radius 2 is 1.69 bits per heavy atom. The zero-order valence-corrected chi connectivity index (χ0v) is 15.8. The van der Waals surface area contributed by atoms with E-state index in [2.05, 4.69) is 10.3 Å². The first kappa shape index (κ1) is 20.1. The third-order valence-electron chi connectivity index (χ3n) is 4.29. The molecule has 1 amide bonds. The van der Waals surface area contributed by atoms with E-state index in [-0.39, 0.29) is 17.2 Å². The van der Waals surface area contributed by atoms with Gasteiger partial charge in [0, 0.05) is 5.56 Å². The largest absolute Gasteiger partial charge is 0.438 e. The van der Waals surface area contributed by atoms with Gasteiger partial charge < -0.3 is 10.1 Å². The highest BCUT2D eigenvalue weighted by Gasteiger charge is 2.26. The number of rotatable bonds is 6. The third-order valence-corrected chi connectivity index (χ3v) is 4.29. The Morgan fingerprint density at radius 3 is 2.31 bits per heavy atom. The summed E-state index contributed by atoms with van der Waals surface area (Å²) < 4.78 is 32.4. The Balaban J connectivity index is 1.86. The molecule has 7 heteroatoms. The molecule has 0 unspecified atom stereocenters. The molecule has 0 bridgehead atoms. The molecule has 0 aliphatic carbocycles. The molecular weight excluding hydrogens is 378 g/mol. The maximum atomic E-state index is 13.8. The fourth-order valence-electron chi connectivity index (χ4n) is 2.69. The molecule has 148 valence electrons. The van der Waals surface area contributed by atoms with Crippen molar-refractivity contribution in [1.29, 1.82) is 0 Å². The van der Waals surface area contributed by atoms with Crippen molar-refractivity contribution in [2.75, 3.05) is 0 Å². The van der Waals surface area contributed by atoms with Crippen LogP contribution in [0.15, 0.2) is 60.8 Å². The van der Waals surface area contributed by atoms with E-state index in [9.17, 15) is 18.4 Å². The molecule has 3 rings (SSSR count). The van der Waals surface area contributed by atoms with Crippen LogP contribution < -0.4 is 10.1 Å². The van der Waals surface area contributed by atoms with Gasteiger partial charge in [0.05, 0.1) is 11.7 Å². The normalized spacial score (nSPS) is 11.0. The summed E-state index contributed by atoms with van der Waals surface area (Å²) in [6.07, 6.45) is 1.66. The number of benzene rings is 2. The number of carbonyl (C=O) groups excluding carboxylic acids is 2. The lowest BCUT2D eigenvalue weighted by Crippen LogP contribution is -2.41. The van der Waals surface area contributed by atoms with Gasteiger partial charge in [0.2, 0.25) is 5.88 Å². The number of aldehydes is 1. The lowest BCUT2D eigenvalue weighted by Gasteiger charge is -2.27. The number of aromatic nitrogens is 1. The molecule has 5 nitrogen and oxygen atoms in total. The van der Waals surface area contributed by atoms with Gasteiger partial charge in [-0.05, 0) is 49.7 Å². The third kappa shape index (κ3) is 4.82. The number of nitrogens with zero attached hydrogens (tertiary/aromatic N) is 1. The molecule has 0 saturated carbocycles. The standard InChI is InChI=1S/C22H18F2N2O3/c1-22(2,15-5-3-14(13-27)4-6-15)26-20(28)19-11-17(24)12-25-21(19)29-18-9-7-16(23)8-10-18/h3-13H,1-2H3,(H,26,28). The minimum Gasteiger partial charge on any atom is -0.438 e. The van der Waals surface area contributed by atoms with Gasteiger partial charge in [-0.15, -0.1) is 0 Å². The summed E-state index contributed by atoms with van der Waals surface area (Å²) in [4.78, 5) is 27.5. The Bertz CT molecular complexity index is 1030. The van der Waals surface area contributed by atoms with Crippen LogP contribution in [0.5, 0.6) is 11.6 Å². The molecule has 0 radical (unpaired) electrons. The number of amides is 1. The molecule has 0 aliphatic rings. The smallest absolute Gasteiger partial charge is 0.257 e.